The topological polar surface area (TPSA) is 78.4 Å². The van der Waals surface area contributed by atoms with Crippen LogP contribution in [-0.2, 0) is 6.61 Å². The van der Waals surface area contributed by atoms with E-state index in [2.05, 4.69) is 33.1 Å². The van der Waals surface area contributed by atoms with Crippen molar-refractivity contribution in [2.24, 2.45) is 5.10 Å². The highest BCUT2D eigenvalue weighted by atomic mass is 127. The lowest BCUT2D eigenvalue weighted by atomic mass is 10.1. The van der Waals surface area contributed by atoms with Gasteiger partial charge >= 0.3 is 0 Å². The molecule has 8 heteroatoms. The van der Waals surface area contributed by atoms with Gasteiger partial charge in [-0.3, -0.25) is 4.79 Å². The standard InChI is InChI=1S/C23H19IN2O5/c1-28-20-8-2-15(10-17(20)13-29-19-6-4-18(24)5-7-19)12-25-26-23(27)16-3-9-21-22(11-16)31-14-30-21/h2-12H,13-14H2,1H3,(H,26,27)/b25-12+. The summed E-state index contributed by atoms with van der Waals surface area (Å²) in [7, 11) is 1.61. The highest BCUT2D eigenvalue weighted by Gasteiger charge is 2.15. The molecule has 7 nitrogen and oxygen atoms in total. The Bertz CT molecular complexity index is 1120. The van der Waals surface area contributed by atoms with Crippen molar-refractivity contribution in [2.75, 3.05) is 13.9 Å². The summed E-state index contributed by atoms with van der Waals surface area (Å²) in [6, 6.07) is 18.4. The SMILES string of the molecule is COc1ccc(/C=N/NC(=O)c2ccc3c(c2)OCO3)cc1COc1ccc(I)cc1. The maximum absolute atomic E-state index is 12.3. The lowest BCUT2D eigenvalue weighted by Gasteiger charge is -2.11. The van der Waals surface area contributed by atoms with Crippen LogP contribution in [-0.4, -0.2) is 26.0 Å². The van der Waals surface area contributed by atoms with Gasteiger partial charge in [-0.05, 0) is 88.8 Å². The van der Waals surface area contributed by atoms with Gasteiger partial charge in [-0.1, -0.05) is 0 Å². The van der Waals surface area contributed by atoms with E-state index in [4.69, 9.17) is 18.9 Å². The maximum Gasteiger partial charge on any atom is 0.271 e. The van der Waals surface area contributed by atoms with Gasteiger partial charge in [-0.2, -0.15) is 5.10 Å². The molecule has 31 heavy (non-hydrogen) atoms. The summed E-state index contributed by atoms with van der Waals surface area (Å²) in [4.78, 5) is 12.3. The third-order valence-corrected chi connectivity index (χ3v) is 5.25. The Morgan fingerprint density at radius 3 is 2.71 bits per heavy atom. The maximum atomic E-state index is 12.3. The van der Waals surface area contributed by atoms with Gasteiger partial charge in [-0.15, -0.1) is 0 Å². The van der Waals surface area contributed by atoms with E-state index in [1.165, 1.54) is 0 Å². The fourth-order valence-electron chi connectivity index (χ4n) is 2.95. The third kappa shape index (κ3) is 5.26. The van der Waals surface area contributed by atoms with Gasteiger partial charge in [0.2, 0.25) is 6.79 Å². The lowest BCUT2D eigenvalue weighted by Crippen LogP contribution is -2.17. The summed E-state index contributed by atoms with van der Waals surface area (Å²) in [5.41, 5.74) is 4.62. The average Bonchev–Trinajstić information content (AvgIpc) is 3.26. The van der Waals surface area contributed by atoms with Crippen LogP contribution in [0.25, 0.3) is 0 Å². The molecule has 0 fully saturated rings. The van der Waals surface area contributed by atoms with E-state index >= 15 is 0 Å². The highest BCUT2D eigenvalue weighted by molar-refractivity contribution is 14.1. The molecule has 1 aliphatic heterocycles. The minimum atomic E-state index is -0.342. The molecule has 1 N–H and O–H groups in total. The van der Waals surface area contributed by atoms with Crippen LogP contribution in [0.4, 0.5) is 0 Å². The minimum Gasteiger partial charge on any atom is -0.496 e. The van der Waals surface area contributed by atoms with Crippen molar-refractivity contribution in [1.82, 2.24) is 5.43 Å². The van der Waals surface area contributed by atoms with Gasteiger partial charge in [-0.25, -0.2) is 5.43 Å². The summed E-state index contributed by atoms with van der Waals surface area (Å²) < 4.78 is 23.0. The Morgan fingerprint density at radius 2 is 1.90 bits per heavy atom. The molecule has 1 aliphatic rings. The number of fused-ring (bicyclic) bond motifs is 1. The number of nitrogens with zero attached hydrogens (tertiary/aromatic N) is 1. The largest absolute Gasteiger partial charge is 0.496 e. The fourth-order valence-corrected chi connectivity index (χ4v) is 3.31. The molecule has 3 aromatic carbocycles. The number of hydrogen-bond acceptors (Lipinski definition) is 6. The van der Waals surface area contributed by atoms with E-state index in [1.54, 1.807) is 31.5 Å². The zero-order chi connectivity index (χ0) is 21.6. The van der Waals surface area contributed by atoms with Gasteiger partial charge < -0.3 is 18.9 Å². The zero-order valence-electron chi connectivity index (χ0n) is 16.6. The number of ether oxygens (including phenoxy) is 4. The van der Waals surface area contributed by atoms with Gasteiger partial charge in [0.15, 0.2) is 11.5 Å². The average molecular weight is 530 g/mol. The Kier molecular flexibility index (Phi) is 6.56. The molecule has 0 unspecified atom stereocenters. The Hall–Kier alpha value is -3.27. The summed E-state index contributed by atoms with van der Waals surface area (Å²) in [5.74, 6) is 2.32. The number of benzene rings is 3. The van der Waals surface area contributed by atoms with E-state index in [9.17, 15) is 4.79 Å². The second-order valence-electron chi connectivity index (χ2n) is 6.58. The molecule has 0 bridgehead atoms. The predicted molar refractivity (Wildman–Crippen MR) is 124 cm³/mol. The number of carbonyl (C=O) groups is 1. The van der Waals surface area contributed by atoms with Crippen molar-refractivity contribution < 1.29 is 23.7 Å². The summed E-state index contributed by atoms with van der Waals surface area (Å²) in [6.07, 6.45) is 1.57. The monoisotopic (exact) mass is 530 g/mol. The van der Waals surface area contributed by atoms with Crippen LogP contribution >= 0.6 is 22.6 Å². The molecule has 0 saturated carbocycles. The molecule has 0 atom stereocenters. The first-order chi connectivity index (χ1) is 15.1. The molecule has 158 valence electrons. The molecule has 0 spiro atoms. The second kappa shape index (κ2) is 9.69. The molecule has 1 amide bonds. The molecule has 0 radical (unpaired) electrons. The van der Waals surface area contributed by atoms with Gasteiger partial charge in [0.1, 0.15) is 18.1 Å². The minimum absolute atomic E-state index is 0.158. The van der Waals surface area contributed by atoms with Crippen LogP contribution in [0.5, 0.6) is 23.0 Å². The molecule has 1 heterocycles. The normalized spacial score (nSPS) is 12.1. The van der Waals surface area contributed by atoms with E-state index in [0.29, 0.717) is 29.4 Å². The first kappa shape index (κ1) is 21.0. The van der Waals surface area contributed by atoms with Crippen LogP contribution in [0.3, 0.4) is 0 Å². The van der Waals surface area contributed by atoms with E-state index < -0.39 is 0 Å². The van der Waals surface area contributed by atoms with Gasteiger partial charge in [0, 0.05) is 14.7 Å². The molecule has 0 aromatic heterocycles. The first-order valence-corrected chi connectivity index (χ1v) is 10.5. The summed E-state index contributed by atoms with van der Waals surface area (Å²) in [6.45, 7) is 0.501. The van der Waals surface area contributed by atoms with E-state index in [-0.39, 0.29) is 12.7 Å². The van der Waals surface area contributed by atoms with Crippen molar-refractivity contribution in [3.63, 3.8) is 0 Å². The zero-order valence-corrected chi connectivity index (χ0v) is 18.8. The van der Waals surface area contributed by atoms with Crippen molar-refractivity contribution >= 4 is 34.7 Å². The van der Waals surface area contributed by atoms with Crippen molar-refractivity contribution in [3.8, 4) is 23.0 Å². The number of carbonyl (C=O) groups excluding carboxylic acids is 1. The highest BCUT2D eigenvalue weighted by Crippen LogP contribution is 2.32. The molecule has 0 saturated heterocycles. The van der Waals surface area contributed by atoms with Crippen molar-refractivity contribution in [1.29, 1.82) is 0 Å². The van der Waals surface area contributed by atoms with Crippen molar-refractivity contribution in [3.05, 3.63) is 80.9 Å². The smallest absolute Gasteiger partial charge is 0.271 e. The van der Waals surface area contributed by atoms with Crippen LogP contribution in [0.2, 0.25) is 0 Å². The third-order valence-electron chi connectivity index (χ3n) is 4.53. The Balaban J connectivity index is 1.40. The number of methoxy groups -OCH3 is 1. The molecular weight excluding hydrogens is 511 g/mol. The van der Waals surface area contributed by atoms with Crippen LogP contribution in [0, 0.1) is 3.57 Å². The first-order valence-electron chi connectivity index (χ1n) is 9.41. The summed E-state index contributed by atoms with van der Waals surface area (Å²) >= 11 is 2.25. The van der Waals surface area contributed by atoms with Crippen LogP contribution < -0.4 is 24.4 Å². The molecular formula is C23H19IN2O5. The van der Waals surface area contributed by atoms with E-state index in [1.807, 2.05) is 42.5 Å². The number of hydrazone groups is 1. The molecule has 0 aliphatic carbocycles. The number of rotatable bonds is 7. The number of halogens is 1. The second-order valence-corrected chi connectivity index (χ2v) is 7.83. The van der Waals surface area contributed by atoms with Crippen LogP contribution in [0.1, 0.15) is 21.5 Å². The Morgan fingerprint density at radius 1 is 1.10 bits per heavy atom. The number of amides is 1. The molecule has 3 aromatic rings. The van der Waals surface area contributed by atoms with Crippen LogP contribution in [0.15, 0.2) is 65.8 Å². The van der Waals surface area contributed by atoms with Gasteiger partial charge in [0.25, 0.3) is 5.91 Å². The quantitative estimate of drug-likeness (QED) is 0.279. The fraction of sp³-hybridized carbons (Fsp3) is 0.130. The number of nitrogens with one attached hydrogen (secondary N) is 1. The van der Waals surface area contributed by atoms with E-state index in [0.717, 1.165) is 20.4 Å². The number of hydrogen-bond donors (Lipinski definition) is 1. The predicted octanol–water partition coefficient (Wildman–Crippen LogP) is 4.37. The van der Waals surface area contributed by atoms with Crippen molar-refractivity contribution in [2.45, 2.75) is 6.61 Å². The summed E-state index contributed by atoms with van der Waals surface area (Å²) in [5, 5.41) is 4.06. The Labute approximate surface area is 193 Å². The van der Waals surface area contributed by atoms with Gasteiger partial charge in [0.05, 0.1) is 13.3 Å². The lowest BCUT2D eigenvalue weighted by molar-refractivity contribution is 0.0954. The molecule has 4 rings (SSSR count).